The van der Waals surface area contributed by atoms with E-state index in [0.717, 1.165) is 77.0 Å². The first-order valence-corrected chi connectivity index (χ1v) is 29.1. The summed E-state index contributed by atoms with van der Waals surface area (Å²) in [6, 6.07) is 0. The van der Waals surface area contributed by atoms with Crippen molar-refractivity contribution in [3.8, 4) is 0 Å². The molecule has 0 bridgehead atoms. The lowest BCUT2D eigenvalue weighted by Gasteiger charge is -2.28. The molecular weight excluding hydrogens is 894 g/mol. The monoisotopic (exact) mass is 996 g/mol. The fourth-order valence-electron chi connectivity index (χ4n) is 7.07. The van der Waals surface area contributed by atoms with Crippen LogP contribution in [0.4, 0.5) is 0 Å². The van der Waals surface area contributed by atoms with E-state index in [0.29, 0.717) is 23.9 Å². The average Bonchev–Trinajstić information content (AvgIpc) is 3.32. The number of ether oxygens (including phenoxy) is 2. The Balaban J connectivity index is 4.34. The van der Waals surface area contributed by atoms with Crippen LogP contribution < -0.4 is 4.89 Å². The van der Waals surface area contributed by atoms with Gasteiger partial charge in [0.2, 0.25) is 0 Å². The van der Waals surface area contributed by atoms with Gasteiger partial charge in [0, 0.05) is 12.8 Å². The van der Waals surface area contributed by atoms with Gasteiger partial charge in [-0.3, -0.25) is 14.2 Å². The topological polar surface area (TPSA) is 111 Å². The van der Waals surface area contributed by atoms with Crippen LogP contribution in [0.3, 0.4) is 0 Å². The largest absolute Gasteiger partial charge is 0.756 e. The molecule has 2 atom stereocenters. The summed E-state index contributed by atoms with van der Waals surface area (Å²) < 4.78 is 34.0. The Morgan fingerprint density at radius 1 is 0.457 bits per heavy atom. The second-order valence-electron chi connectivity index (χ2n) is 19.2. The van der Waals surface area contributed by atoms with Crippen LogP contribution in [-0.2, 0) is 32.7 Å². The number of quaternary nitrogens is 1. The van der Waals surface area contributed by atoms with Crippen LogP contribution in [0.15, 0.2) is 109 Å². The molecule has 0 aromatic rings. The number of hydrogen-bond acceptors (Lipinski definition) is 8. The second kappa shape index (κ2) is 50.6. The van der Waals surface area contributed by atoms with Gasteiger partial charge in [-0.15, -0.1) is 0 Å². The Bertz CT molecular complexity index is 1550. The van der Waals surface area contributed by atoms with Gasteiger partial charge >= 0.3 is 11.9 Å². The fraction of sp³-hybridized carbons (Fsp3) is 0.667. The quantitative estimate of drug-likeness (QED) is 0.0195. The summed E-state index contributed by atoms with van der Waals surface area (Å²) >= 11 is 0. The van der Waals surface area contributed by atoms with E-state index in [2.05, 4.69) is 117 Å². The number of unbranched alkanes of at least 4 members (excludes halogenated alkanes) is 17. The van der Waals surface area contributed by atoms with Gasteiger partial charge in [0.1, 0.15) is 19.8 Å². The van der Waals surface area contributed by atoms with E-state index in [1.54, 1.807) is 0 Å². The van der Waals surface area contributed by atoms with E-state index in [1.165, 1.54) is 89.9 Å². The molecule has 0 fully saturated rings. The van der Waals surface area contributed by atoms with Crippen LogP contribution in [0.25, 0.3) is 0 Å². The number of nitrogens with zero attached hydrogens (tertiary/aromatic N) is 1. The lowest BCUT2D eigenvalue weighted by atomic mass is 10.0. The predicted octanol–water partition coefficient (Wildman–Crippen LogP) is 16.4. The third-order valence-electron chi connectivity index (χ3n) is 11.3. The summed E-state index contributed by atoms with van der Waals surface area (Å²) in [6.07, 6.45) is 69.9. The molecule has 9 nitrogen and oxygen atoms in total. The summed E-state index contributed by atoms with van der Waals surface area (Å²) in [5, 5.41) is 0. The lowest BCUT2D eigenvalue weighted by Crippen LogP contribution is -2.37. The molecule has 0 saturated carbocycles. The number of phosphoric ester groups is 1. The maximum atomic E-state index is 12.7. The minimum absolute atomic E-state index is 0.0465. The first-order valence-electron chi connectivity index (χ1n) is 27.6. The van der Waals surface area contributed by atoms with Crippen molar-refractivity contribution in [3.63, 3.8) is 0 Å². The Kier molecular flexibility index (Phi) is 48.2. The van der Waals surface area contributed by atoms with Crippen molar-refractivity contribution >= 4 is 19.8 Å². The molecule has 2 unspecified atom stereocenters. The zero-order valence-corrected chi connectivity index (χ0v) is 46.1. The highest BCUT2D eigenvalue weighted by molar-refractivity contribution is 7.45. The number of likely N-dealkylation sites (N-methyl/N-ethyl adjacent to an activating group) is 1. The number of allylic oxidation sites excluding steroid dienone is 18. The molecule has 0 heterocycles. The summed E-state index contributed by atoms with van der Waals surface area (Å²) in [6.45, 7) is 4.05. The molecule has 10 heteroatoms. The van der Waals surface area contributed by atoms with E-state index in [-0.39, 0.29) is 26.1 Å². The Morgan fingerprint density at radius 3 is 1.20 bits per heavy atom. The van der Waals surface area contributed by atoms with Crippen molar-refractivity contribution < 1.29 is 42.1 Å². The van der Waals surface area contributed by atoms with Gasteiger partial charge in [-0.2, -0.15) is 0 Å². The van der Waals surface area contributed by atoms with Gasteiger partial charge in [0.05, 0.1) is 27.7 Å². The molecule has 0 amide bonds. The predicted molar refractivity (Wildman–Crippen MR) is 295 cm³/mol. The first kappa shape index (κ1) is 66.7. The molecule has 0 radical (unpaired) electrons. The summed E-state index contributed by atoms with van der Waals surface area (Å²) in [4.78, 5) is 37.8. The van der Waals surface area contributed by atoms with Crippen LogP contribution in [0.1, 0.15) is 206 Å². The molecule has 70 heavy (non-hydrogen) atoms. The zero-order chi connectivity index (χ0) is 51.3. The van der Waals surface area contributed by atoms with Crippen LogP contribution in [0, 0.1) is 0 Å². The summed E-state index contributed by atoms with van der Waals surface area (Å²) in [7, 11) is 1.12. The molecule has 0 aromatic heterocycles. The van der Waals surface area contributed by atoms with Gasteiger partial charge in [-0.25, -0.2) is 0 Å². The lowest BCUT2D eigenvalue weighted by molar-refractivity contribution is -0.870. The number of rotatable bonds is 49. The highest BCUT2D eigenvalue weighted by Gasteiger charge is 2.21. The van der Waals surface area contributed by atoms with E-state index in [4.69, 9.17) is 18.5 Å². The Hall–Kier alpha value is -3.33. The van der Waals surface area contributed by atoms with Crippen LogP contribution in [0.2, 0.25) is 0 Å². The molecule has 400 valence electrons. The minimum Gasteiger partial charge on any atom is -0.756 e. The van der Waals surface area contributed by atoms with Crippen molar-refractivity contribution in [1.29, 1.82) is 0 Å². The SMILES string of the molecule is CC/C=C\C/C=C\C/C=C\C/C=C\C/C=C\C/C=C\C/C=C\C/C=C\C/C=C\CCCC(=O)OC(COC(=O)CCCCCCCCCCCCCCCCCCC)COP(=O)([O-])OCC[N+](C)(C)C. The molecule has 0 aliphatic heterocycles. The van der Waals surface area contributed by atoms with Gasteiger partial charge in [0.15, 0.2) is 6.10 Å². The number of carbonyl (C=O) groups excluding carboxylic acids is 2. The average molecular weight is 996 g/mol. The third kappa shape index (κ3) is 54.0. The molecule has 0 N–H and O–H groups in total. The molecule has 0 spiro atoms. The van der Waals surface area contributed by atoms with Gasteiger partial charge in [-0.1, -0.05) is 226 Å². The highest BCUT2D eigenvalue weighted by atomic mass is 31.2. The summed E-state index contributed by atoms with van der Waals surface area (Å²) in [5.41, 5.74) is 0. The number of hydrogen-bond donors (Lipinski definition) is 0. The third-order valence-corrected chi connectivity index (χ3v) is 12.3. The van der Waals surface area contributed by atoms with E-state index >= 15 is 0 Å². The maximum Gasteiger partial charge on any atom is 0.306 e. The zero-order valence-electron chi connectivity index (χ0n) is 45.2. The molecule has 0 rings (SSSR count). The van der Waals surface area contributed by atoms with E-state index in [9.17, 15) is 19.0 Å². The molecule has 0 aliphatic carbocycles. The smallest absolute Gasteiger partial charge is 0.306 e. The van der Waals surface area contributed by atoms with Crippen LogP contribution >= 0.6 is 7.82 Å². The van der Waals surface area contributed by atoms with Crippen LogP contribution in [0.5, 0.6) is 0 Å². The number of esters is 2. The number of carbonyl (C=O) groups is 2. The standard InChI is InChI=1S/C60H102NO8P/c1-6-8-10-12-14-16-18-20-22-24-25-26-27-28-29-30-31-32-33-34-35-37-39-41-43-45-47-49-51-53-60(63)69-58(57-68-70(64,65)67-55-54-61(3,4)5)56-66-59(62)52-50-48-46-44-42-40-38-36-23-21-19-17-15-13-11-9-7-2/h8,10,14,16,20,22,25-26,28-29,31-32,34-35,39,41,45,47,58H,6-7,9,11-13,15,17-19,21,23-24,27,30,33,36-38,40,42-44,46,48-57H2,1-5H3/b10-8-,16-14-,22-20-,26-25-,29-28-,32-31-,35-34-,41-39-,47-45-. The number of phosphoric acid groups is 1. The van der Waals surface area contributed by atoms with Gasteiger partial charge in [0.25, 0.3) is 7.82 Å². The fourth-order valence-corrected chi connectivity index (χ4v) is 7.80. The van der Waals surface area contributed by atoms with Crippen molar-refractivity contribution in [2.24, 2.45) is 0 Å². The molecular formula is C60H102NO8P. The van der Waals surface area contributed by atoms with Crippen molar-refractivity contribution in [2.45, 2.75) is 213 Å². The molecule has 0 aliphatic rings. The van der Waals surface area contributed by atoms with Gasteiger partial charge < -0.3 is 27.9 Å². The minimum atomic E-state index is -4.66. The second-order valence-corrected chi connectivity index (χ2v) is 20.6. The molecule has 0 saturated heterocycles. The van der Waals surface area contributed by atoms with E-state index < -0.39 is 32.5 Å². The normalized spacial score (nSPS) is 14.2. The summed E-state index contributed by atoms with van der Waals surface area (Å²) in [5.74, 6) is -0.906. The Labute approximate surface area is 429 Å². The first-order chi connectivity index (χ1) is 34.0. The van der Waals surface area contributed by atoms with Crippen LogP contribution in [-0.4, -0.2) is 70.0 Å². The van der Waals surface area contributed by atoms with Crippen molar-refractivity contribution in [2.75, 3.05) is 47.5 Å². The van der Waals surface area contributed by atoms with Crippen molar-refractivity contribution in [3.05, 3.63) is 109 Å². The molecule has 0 aromatic carbocycles. The highest BCUT2D eigenvalue weighted by Crippen LogP contribution is 2.38. The Morgan fingerprint density at radius 2 is 0.814 bits per heavy atom. The maximum absolute atomic E-state index is 12.7. The van der Waals surface area contributed by atoms with Crippen molar-refractivity contribution in [1.82, 2.24) is 0 Å². The van der Waals surface area contributed by atoms with Gasteiger partial charge in [-0.05, 0) is 77.0 Å². The van der Waals surface area contributed by atoms with E-state index in [1.807, 2.05) is 27.2 Å².